The lowest BCUT2D eigenvalue weighted by molar-refractivity contribution is 0.0701. The Hall–Kier alpha value is -3.66. The van der Waals surface area contributed by atoms with Crippen molar-refractivity contribution in [2.24, 2.45) is 0 Å². The molecule has 2 heterocycles. The molecular weight excluding hydrogens is 442 g/mol. The maximum atomic E-state index is 14.3. The van der Waals surface area contributed by atoms with Crippen LogP contribution in [-0.2, 0) is 19.5 Å². The van der Waals surface area contributed by atoms with Gasteiger partial charge in [0.05, 0.1) is 24.9 Å². The van der Waals surface area contributed by atoms with Gasteiger partial charge in [-0.3, -0.25) is 10.0 Å². The number of fused-ring (bicyclic) bond motifs is 1. The number of amides is 1. The SMILES string of the molecule is O=C(NO)c1cc2c(CN[C@H](CO)Cc3ccccc3)cn(Cc3ccc(F)cc3F)c2cn1. The highest BCUT2D eigenvalue weighted by atomic mass is 19.1. The molecular formula is C25H24F2N4O3. The van der Waals surface area contributed by atoms with Crippen LogP contribution in [0.15, 0.2) is 67.0 Å². The second kappa shape index (κ2) is 10.5. The molecule has 176 valence electrons. The van der Waals surface area contributed by atoms with Crippen molar-refractivity contribution in [1.82, 2.24) is 20.3 Å². The summed E-state index contributed by atoms with van der Waals surface area (Å²) in [5.74, 6) is -2.07. The second-order valence-electron chi connectivity index (χ2n) is 8.00. The number of pyridine rings is 1. The second-order valence-corrected chi connectivity index (χ2v) is 8.00. The molecule has 4 aromatic rings. The van der Waals surface area contributed by atoms with E-state index in [0.717, 1.165) is 17.2 Å². The first-order valence-corrected chi connectivity index (χ1v) is 10.7. The maximum Gasteiger partial charge on any atom is 0.293 e. The zero-order valence-electron chi connectivity index (χ0n) is 18.2. The Labute approximate surface area is 194 Å². The predicted molar refractivity (Wildman–Crippen MR) is 122 cm³/mol. The fourth-order valence-corrected chi connectivity index (χ4v) is 3.90. The smallest absolute Gasteiger partial charge is 0.293 e. The number of rotatable bonds is 9. The third-order valence-electron chi connectivity index (χ3n) is 5.67. The van der Waals surface area contributed by atoms with Crippen LogP contribution in [0, 0.1) is 11.6 Å². The van der Waals surface area contributed by atoms with Crippen LogP contribution >= 0.6 is 0 Å². The first-order chi connectivity index (χ1) is 16.5. The van der Waals surface area contributed by atoms with Crippen LogP contribution in [0.25, 0.3) is 10.9 Å². The summed E-state index contributed by atoms with van der Waals surface area (Å²) in [5.41, 5.74) is 4.39. The van der Waals surface area contributed by atoms with E-state index < -0.39 is 17.5 Å². The summed E-state index contributed by atoms with van der Waals surface area (Å²) in [5, 5.41) is 22.8. The monoisotopic (exact) mass is 466 g/mol. The van der Waals surface area contributed by atoms with Gasteiger partial charge < -0.3 is 15.0 Å². The van der Waals surface area contributed by atoms with E-state index in [4.69, 9.17) is 5.21 Å². The van der Waals surface area contributed by atoms with Gasteiger partial charge in [-0.05, 0) is 29.7 Å². The van der Waals surface area contributed by atoms with Crippen LogP contribution in [-0.4, -0.2) is 38.4 Å². The summed E-state index contributed by atoms with van der Waals surface area (Å²) in [4.78, 5) is 16.0. The van der Waals surface area contributed by atoms with E-state index in [-0.39, 0.29) is 24.9 Å². The number of aromatic nitrogens is 2. The number of aliphatic hydroxyl groups is 1. The minimum atomic E-state index is -0.754. The van der Waals surface area contributed by atoms with Crippen molar-refractivity contribution in [3.63, 3.8) is 0 Å². The number of hydrogen-bond acceptors (Lipinski definition) is 5. The average molecular weight is 466 g/mol. The van der Waals surface area contributed by atoms with Gasteiger partial charge >= 0.3 is 0 Å². The first kappa shape index (κ1) is 23.5. The number of aliphatic hydroxyl groups excluding tert-OH is 1. The Bertz CT molecular complexity index is 1290. The standard InChI is InChI=1S/C25H24F2N4O3/c26-19-7-6-17(22(27)9-19)13-31-14-18(21-10-23(25(33)30-34)29-12-24(21)31)11-28-20(15-32)8-16-4-2-1-3-5-16/h1-7,9-10,12,14,20,28,32,34H,8,11,13,15H2,(H,30,33)/t20-/m0/s1. The largest absolute Gasteiger partial charge is 0.395 e. The van der Waals surface area contributed by atoms with Gasteiger partial charge in [-0.15, -0.1) is 0 Å². The Balaban J connectivity index is 1.64. The molecule has 0 unspecified atom stereocenters. The fourth-order valence-electron chi connectivity index (χ4n) is 3.90. The van der Waals surface area contributed by atoms with Crippen LogP contribution < -0.4 is 10.8 Å². The van der Waals surface area contributed by atoms with Crippen LogP contribution in [0.5, 0.6) is 0 Å². The van der Waals surface area contributed by atoms with Crippen molar-refractivity contribution in [3.05, 3.63) is 101 Å². The maximum absolute atomic E-state index is 14.3. The molecule has 0 aliphatic rings. The molecule has 0 saturated carbocycles. The van der Waals surface area contributed by atoms with Gasteiger partial charge in [-0.25, -0.2) is 19.2 Å². The van der Waals surface area contributed by atoms with Crippen molar-refractivity contribution < 1.29 is 23.9 Å². The molecule has 0 saturated heterocycles. The lowest BCUT2D eigenvalue weighted by Gasteiger charge is -2.16. The summed E-state index contributed by atoms with van der Waals surface area (Å²) in [6, 6.07) is 14.5. The average Bonchev–Trinajstić information content (AvgIpc) is 3.20. The van der Waals surface area contributed by atoms with E-state index >= 15 is 0 Å². The lowest BCUT2D eigenvalue weighted by atomic mass is 10.1. The van der Waals surface area contributed by atoms with Crippen molar-refractivity contribution in [2.45, 2.75) is 25.6 Å². The van der Waals surface area contributed by atoms with Gasteiger partial charge in [0.1, 0.15) is 17.3 Å². The topological polar surface area (TPSA) is 99.4 Å². The Morgan fingerprint density at radius 2 is 1.88 bits per heavy atom. The Morgan fingerprint density at radius 1 is 1.09 bits per heavy atom. The fraction of sp³-hybridized carbons (Fsp3) is 0.200. The molecule has 7 nitrogen and oxygen atoms in total. The molecule has 0 fully saturated rings. The van der Waals surface area contributed by atoms with Gasteiger partial charge in [0, 0.05) is 35.8 Å². The Morgan fingerprint density at radius 3 is 2.59 bits per heavy atom. The number of benzene rings is 2. The van der Waals surface area contributed by atoms with E-state index in [2.05, 4.69) is 10.3 Å². The Kier molecular flexibility index (Phi) is 7.27. The summed E-state index contributed by atoms with van der Waals surface area (Å²) in [6.45, 7) is 0.412. The number of halogens is 2. The molecule has 0 aliphatic heterocycles. The van der Waals surface area contributed by atoms with E-state index in [0.29, 0.717) is 29.4 Å². The van der Waals surface area contributed by atoms with Crippen LogP contribution in [0.2, 0.25) is 0 Å². The number of nitrogens with zero attached hydrogens (tertiary/aromatic N) is 2. The summed E-state index contributed by atoms with van der Waals surface area (Å²) >= 11 is 0. The van der Waals surface area contributed by atoms with Crippen LogP contribution in [0.3, 0.4) is 0 Å². The normalized spacial score (nSPS) is 12.1. The number of hydrogen-bond donors (Lipinski definition) is 4. The highest BCUT2D eigenvalue weighted by Crippen LogP contribution is 2.24. The highest BCUT2D eigenvalue weighted by Gasteiger charge is 2.16. The first-order valence-electron chi connectivity index (χ1n) is 10.7. The van der Waals surface area contributed by atoms with Crippen molar-refractivity contribution in [1.29, 1.82) is 0 Å². The number of carbonyl (C=O) groups is 1. The molecule has 4 rings (SSSR count). The molecule has 4 N–H and O–H groups in total. The predicted octanol–water partition coefficient (Wildman–Crippen LogP) is 3.18. The third kappa shape index (κ3) is 5.28. The molecule has 34 heavy (non-hydrogen) atoms. The summed E-state index contributed by atoms with van der Waals surface area (Å²) < 4.78 is 29.4. The van der Waals surface area contributed by atoms with E-state index in [9.17, 15) is 18.7 Å². The zero-order valence-corrected chi connectivity index (χ0v) is 18.2. The molecule has 0 bridgehead atoms. The molecule has 1 atom stereocenters. The molecule has 2 aromatic carbocycles. The minimum absolute atomic E-state index is 0.0185. The van der Waals surface area contributed by atoms with Crippen LogP contribution in [0.1, 0.15) is 27.2 Å². The molecule has 0 aliphatic carbocycles. The van der Waals surface area contributed by atoms with Gasteiger partial charge in [0.25, 0.3) is 5.91 Å². The van der Waals surface area contributed by atoms with E-state index in [1.807, 2.05) is 30.3 Å². The van der Waals surface area contributed by atoms with Gasteiger partial charge in [-0.2, -0.15) is 0 Å². The molecule has 9 heteroatoms. The third-order valence-corrected chi connectivity index (χ3v) is 5.67. The van der Waals surface area contributed by atoms with E-state index in [1.54, 1.807) is 22.3 Å². The number of hydroxylamine groups is 1. The van der Waals surface area contributed by atoms with Crippen molar-refractivity contribution in [3.8, 4) is 0 Å². The van der Waals surface area contributed by atoms with Gasteiger partial charge in [0.15, 0.2) is 0 Å². The van der Waals surface area contributed by atoms with Crippen molar-refractivity contribution >= 4 is 16.8 Å². The molecule has 1 amide bonds. The molecule has 2 aromatic heterocycles. The minimum Gasteiger partial charge on any atom is -0.395 e. The van der Waals surface area contributed by atoms with E-state index in [1.165, 1.54) is 18.3 Å². The summed E-state index contributed by atoms with van der Waals surface area (Å²) in [6.07, 6.45) is 3.90. The lowest BCUT2D eigenvalue weighted by Crippen LogP contribution is -2.34. The van der Waals surface area contributed by atoms with Crippen molar-refractivity contribution in [2.75, 3.05) is 6.61 Å². The highest BCUT2D eigenvalue weighted by molar-refractivity contribution is 5.96. The summed E-state index contributed by atoms with van der Waals surface area (Å²) in [7, 11) is 0. The quantitative estimate of drug-likeness (QED) is 0.224. The van der Waals surface area contributed by atoms with Gasteiger partial charge in [-0.1, -0.05) is 36.4 Å². The van der Waals surface area contributed by atoms with Gasteiger partial charge in [0.2, 0.25) is 0 Å². The molecule has 0 radical (unpaired) electrons. The molecule has 0 spiro atoms. The number of carbonyl (C=O) groups excluding carboxylic acids is 1. The zero-order chi connectivity index (χ0) is 24.1. The van der Waals surface area contributed by atoms with Crippen LogP contribution in [0.4, 0.5) is 8.78 Å². The number of nitrogens with one attached hydrogen (secondary N) is 2.